The van der Waals surface area contributed by atoms with Crippen molar-refractivity contribution in [1.82, 2.24) is 15.3 Å². The van der Waals surface area contributed by atoms with Gasteiger partial charge in [-0.3, -0.25) is 0 Å². The first kappa shape index (κ1) is 14.8. The van der Waals surface area contributed by atoms with Crippen molar-refractivity contribution in [3.63, 3.8) is 0 Å². The molecule has 0 spiro atoms. The highest BCUT2D eigenvalue weighted by Gasteiger charge is 2.04. The third kappa shape index (κ3) is 3.37. The molecule has 6 heteroatoms. The number of anilines is 1. The second-order valence-corrected chi connectivity index (χ2v) is 5.79. The Morgan fingerprint density at radius 1 is 1.27 bits per heavy atom. The monoisotopic (exact) mass is 330 g/mol. The molecule has 3 N–H and O–H groups in total. The van der Waals surface area contributed by atoms with Crippen molar-refractivity contribution in [2.24, 2.45) is 0 Å². The highest BCUT2D eigenvalue weighted by atomic mass is 35.5. The lowest BCUT2D eigenvalue weighted by molar-refractivity contribution is 0.859. The van der Waals surface area contributed by atoms with E-state index in [1.807, 2.05) is 49.4 Å². The fourth-order valence-corrected chi connectivity index (χ4v) is 2.47. The van der Waals surface area contributed by atoms with Gasteiger partial charge in [-0.05, 0) is 49.0 Å². The molecular weight excluding hydrogens is 316 g/mol. The van der Waals surface area contributed by atoms with E-state index in [0.29, 0.717) is 16.7 Å². The number of aryl methyl sites for hydroxylation is 1. The number of halogens is 1. The number of nitrogens with one attached hydrogen (secondary N) is 3. The van der Waals surface area contributed by atoms with Crippen LogP contribution < -0.4 is 10.6 Å². The highest BCUT2D eigenvalue weighted by molar-refractivity contribution is 7.80. The molecule has 3 aromatic rings. The minimum absolute atomic E-state index is 0.528. The van der Waals surface area contributed by atoms with Crippen LogP contribution in [0.3, 0.4) is 0 Å². The molecule has 0 fully saturated rings. The molecule has 4 nitrogen and oxygen atoms in total. The summed E-state index contributed by atoms with van der Waals surface area (Å²) in [6.07, 6.45) is 0. The summed E-state index contributed by atoms with van der Waals surface area (Å²) in [6.45, 7) is 2.49. The lowest BCUT2D eigenvalue weighted by atomic mass is 10.2. The zero-order valence-electron chi connectivity index (χ0n) is 12.0. The van der Waals surface area contributed by atoms with E-state index in [1.54, 1.807) is 0 Å². The summed E-state index contributed by atoms with van der Waals surface area (Å²) in [7, 11) is 0. The van der Waals surface area contributed by atoms with Gasteiger partial charge in [-0.1, -0.05) is 29.8 Å². The van der Waals surface area contributed by atoms with Gasteiger partial charge in [0.1, 0.15) is 5.82 Å². The standard InChI is InChI=1S/C16H15ClN4S/c1-10-6-7-11(8-12(10)17)19-16(22)18-9-15-20-13-4-2-3-5-14(13)21-15/h2-8H,9H2,1H3,(H,20,21)(H2,18,19,22). The number of benzene rings is 2. The van der Waals surface area contributed by atoms with Crippen LogP contribution in [0.4, 0.5) is 5.69 Å². The number of para-hydroxylation sites is 2. The van der Waals surface area contributed by atoms with E-state index in [1.165, 1.54) is 0 Å². The molecule has 22 heavy (non-hydrogen) atoms. The summed E-state index contributed by atoms with van der Waals surface area (Å²) in [5, 5.41) is 7.48. The van der Waals surface area contributed by atoms with Gasteiger partial charge in [-0.2, -0.15) is 0 Å². The van der Waals surface area contributed by atoms with Gasteiger partial charge in [0.15, 0.2) is 5.11 Å². The van der Waals surface area contributed by atoms with Crippen molar-refractivity contribution in [2.45, 2.75) is 13.5 Å². The van der Waals surface area contributed by atoms with Crippen molar-refractivity contribution in [3.8, 4) is 0 Å². The first-order valence-corrected chi connectivity index (χ1v) is 7.65. The Labute approximate surface area is 138 Å². The van der Waals surface area contributed by atoms with Gasteiger partial charge in [-0.25, -0.2) is 4.98 Å². The van der Waals surface area contributed by atoms with Gasteiger partial charge < -0.3 is 15.6 Å². The molecule has 0 aliphatic heterocycles. The van der Waals surface area contributed by atoms with Crippen LogP contribution in [0.1, 0.15) is 11.4 Å². The molecule has 0 unspecified atom stereocenters. The number of imidazole rings is 1. The summed E-state index contributed by atoms with van der Waals surface area (Å²) in [5.74, 6) is 0.840. The average molecular weight is 331 g/mol. The Kier molecular flexibility index (Phi) is 4.27. The lowest BCUT2D eigenvalue weighted by Crippen LogP contribution is -2.28. The maximum absolute atomic E-state index is 6.10. The number of aromatic amines is 1. The summed E-state index contributed by atoms with van der Waals surface area (Å²) < 4.78 is 0. The van der Waals surface area contributed by atoms with Crippen LogP contribution in [0.5, 0.6) is 0 Å². The third-order valence-corrected chi connectivity index (χ3v) is 3.94. The predicted octanol–water partition coefficient (Wildman–Crippen LogP) is 4.01. The van der Waals surface area contributed by atoms with Gasteiger partial charge in [0.05, 0.1) is 17.6 Å². The quantitative estimate of drug-likeness (QED) is 0.635. The van der Waals surface area contributed by atoms with Crippen LogP contribution in [0.2, 0.25) is 5.02 Å². The molecule has 2 aromatic carbocycles. The van der Waals surface area contributed by atoms with Gasteiger partial charge in [0.25, 0.3) is 0 Å². The summed E-state index contributed by atoms with van der Waals surface area (Å²) >= 11 is 11.4. The Bertz CT molecular complexity index is 795. The van der Waals surface area contributed by atoms with Gasteiger partial charge in [0.2, 0.25) is 0 Å². The van der Waals surface area contributed by atoms with Crippen molar-refractivity contribution in [1.29, 1.82) is 0 Å². The van der Waals surface area contributed by atoms with Crippen LogP contribution in [-0.2, 0) is 6.54 Å². The predicted molar refractivity (Wildman–Crippen MR) is 95.3 cm³/mol. The molecule has 1 heterocycles. The van der Waals surface area contributed by atoms with Gasteiger partial charge >= 0.3 is 0 Å². The molecular formula is C16H15ClN4S. The van der Waals surface area contributed by atoms with E-state index in [0.717, 1.165) is 28.1 Å². The van der Waals surface area contributed by atoms with Gasteiger partial charge in [-0.15, -0.1) is 0 Å². The summed E-state index contributed by atoms with van der Waals surface area (Å²) in [4.78, 5) is 7.74. The summed E-state index contributed by atoms with van der Waals surface area (Å²) in [5.41, 5.74) is 3.86. The van der Waals surface area contributed by atoms with Crippen molar-refractivity contribution < 1.29 is 0 Å². The number of hydrogen-bond donors (Lipinski definition) is 3. The topological polar surface area (TPSA) is 52.7 Å². The first-order valence-electron chi connectivity index (χ1n) is 6.86. The maximum atomic E-state index is 6.10. The van der Waals surface area contributed by atoms with Crippen LogP contribution in [0.25, 0.3) is 11.0 Å². The second-order valence-electron chi connectivity index (χ2n) is 4.97. The molecule has 0 bridgehead atoms. The number of H-pyrrole nitrogens is 1. The van der Waals surface area contributed by atoms with E-state index in [9.17, 15) is 0 Å². The van der Waals surface area contributed by atoms with Gasteiger partial charge in [0, 0.05) is 10.7 Å². The van der Waals surface area contributed by atoms with Crippen molar-refractivity contribution >= 4 is 45.7 Å². The smallest absolute Gasteiger partial charge is 0.171 e. The number of fused-ring (bicyclic) bond motifs is 1. The summed E-state index contributed by atoms with van der Waals surface area (Å²) in [6, 6.07) is 13.7. The van der Waals surface area contributed by atoms with Crippen LogP contribution >= 0.6 is 23.8 Å². The lowest BCUT2D eigenvalue weighted by Gasteiger charge is -2.10. The molecule has 0 saturated heterocycles. The number of rotatable bonds is 3. The minimum Gasteiger partial charge on any atom is -0.355 e. The molecule has 112 valence electrons. The Morgan fingerprint density at radius 2 is 2.09 bits per heavy atom. The number of aromatic nitrogens is 2. The molecule has 0 radical (unpaired) electrons. The number of hydrogen-bond acceptors (Lipinski definition) is 2. The highest BCUT2D eigenvalue weighted by Crippen LogP contribution is 2.19. The number of nitrogens with zero attached hydrogens (tertiary/aromatic N) is 1. The van der Waals surface area contributed by atoms with Crippen molar-refractivity contribution in [2.75, 3.05) is 5.32 Å². The second kappa shape index (κ2) is 6.34. The Morgan fingerprint density at radius 3 is 2.86 bits per heavy atom. The molecule has 0 amide bonds. The maximum Gasteiger partial charge on any atom is 0.171 e. The van der Waals surface area contributed by atoms with Crippen LogP contribution in [0, 0.1) is 6.92 Å². The van der Waals surface area contributed by atoms with E-state index < -0.39 is 0 Å². The normalized spacial score (nSPS) is 10.6. The van der Waals surface area contributed by atoms with E-state index in [-0.39, 0.29) is 0 Å². The third-order valence-electron chi connectivity index (χ3n) is 3.28. The fourth-order valence-electron chi connectivity index (χ4n) is 2.10. The average Bonchev–Trinajstić information content (AvgIpc) is 2.92. The zero-order valence-corrected chi connectivity index (χ0v) is 13.6. The van der Waals surface area contributed by atoms with E-state index in [4.69, 9.17) is 23.8 Å². The van der Waals surface area contributed by atoms with Crippen molar-refractivity contribution in [3.05, 3.63) is 58.9 Å². The molecule has 0 saturated carbocycles. The Hall–Kier alpha value is -2.11. The van der Waals surface area contributed by atoms with Crippen LogP contribution in [-0.4, -0.2) is 15.1 Å². The zero-order chi connectivity index (χ0) is 15.5. The fraction of sp³-hybridized carbons (Fsp3) is 0.125. The molecule has 0 atom stereocenters. The van der Waals surface area contributed by atoms with E-state index >= 15 is 0 Å². The largest absolute Gasteiger partial charge is 0.355 e. The minimum atomic E-state index is 0.528. The SMILES string of the molecule is Cc1ccc(NC(=S)NCc2nc3ccccc3[nH]2)cc1Cl. The molecule has 1 aromatic heterocycles. The molecule has 3 rings (SSSR count). The Balaban J connectivity index is 1.60. The van der Waals surface area contributed by atoms with Crippen LogP contribution in [0.15, 0.2) is 42.5 Å². The van der Waals surface area contributed by atoms with E-state index in [2.05, 4.69) is 20.6 Å². The first-order chi connectivity index (χ1) is 10.6. The molecule has 0 aliphatic carbocycles. The molecule has 0 aliphatic rings. The number of thiocarbonyl (C=S) groups is 1.